The van der Waals surface area contributed by atoms with Gasteiger partial charge in [0.05, 0.1) is 11.7 Å². The van der Waals surface area contributed by atoms with Gasteiger partial charge in [0.1, 0.15) is 0 Å². The summed E-state index contributed by atoms with van der Waals surface area (Å²) in [5.74, 6) is 3.66. The lowest BCUT2D eigenvalue weighted by atomic mass is 10.2. The Hall–Kier alpha value is -1.01. The number of amides is 1. The van der Waals surface area contributed by atoms with Crippen LogP contribution in [0.3, 0.4) is 0 Å². The Morgan fingerprint density at radius 3 is 2.65 bits per heavy atom. The van der Waals surface area contributed by atoms with Gasteiger partial charge in [0, 0.05) is 17.5 Å². The van der Waals surface area contributed by atoms with E-state index in [9.17, 15) is 4.79 Å². The van der Waals surface area contributed by atoms with E-state index in [2.05, 4.69) is 11.4 Å². The maximum Gasteiger partial charge on any atom is 0.258 e. The molecule has 0 bridgehead atoms. The van der Waals surface area contributed by atoms with Crippen LogP contribution in [0.4, 0.5) is 0 Å². The van der Waals surface area contributed by atoms with Gasteiger partial charge in [-0.1, -0.05) is 18.9 Å². The highest BCUT2D eigenvalue weighted by Gasteiger charge is 2.21. The van der Waals surface area contributed by atoms with Gasteiger partial charge in [-0.25, -0.2) is 0 Å². The minimum absolute atomic E-state index is 0.0408. The fourth-order valence-electron chi connectivity index (χ4n) is 2.98. The predicted octanol–water partition coefficient (Wildman–Crippen LogP) is 3.61. The molecule has 1 aliphatic carbocycles. The first-order valence-corrected chi connectivity index (χ1v) is 10.2. The largest absolute Gasteiger partial charge is 0.493 e. The molecule has 4 nitrogen and oxygen atoms in total. The van der Waals surface area contributed by atoms with Crippen LogP contribution in [0.15, 0.2) is 18.2 Å². The number of carbonyl (C=O) groups is 1. The predicted molar refractivity (Wildman–Crippen MR) is 96.5 cm³/mol. The van der Waals surface area contributed by atoms with Crippen molar-refractivity contribution in [1.29, 1.82) is 0 Å². The molecule has 0 spiro atoms. The van der Waals surface area contributed by atoms with Gasteiger partial charge in [-0.2, -0.15) is 0 Å². The summed E-state index contributed by atoms with van der Waals surface area (Å²) in [5.41, 5.74) is 1.25. The van der Waals surface area contributed by atoms with Crippen LogP contribution >= 0.6 is 23.5 Å². The Kier molecular flexibility index (Phi) is 6.00. The normalized spacial score (nSPS) is 19.0. The van der Waals surface area contributed by atoms with Gasteiger partial charge in [-0.05, 0) is 30.5 Å². The van der Waals surface area contributed by atoms with Crippen LogP contribution in [0.2, 0.25) is 0 Å². The molecule has 23 heavy (non-hydrogen) atoms. The van der Waals surface area contributed by atoms with Crippen molar-refractivity contribution in [1.82, 2.24) is 5.32 Å². The molecule has 2 fully saturated rings. The van der Waals surface area contributed by atoms with Gasteiger partial charge in [-0.3, -0.25) is 4.79 Å². The van der Waals surface area contributed by atoms with Crippen LogP contribution in [-0.4, -0.2) is 37.2 Å². The zero-order valence-electron chi connectivity index (χ0n) is 13.4. The molecule has 126 valence electrons. The van der Waals surface area contributed by atoms with Crippen molar-refractivity contribution in [3.05, 3.63) is 23.8 Å². The first-order valence-electron chi connectivity index (χ1n) is 8.09. The summed E-state index contributed by atoms with van der Waals surface area (Å²) >= 11 is 3.92. The second kappa shape index (κ2) is 8.20. The summed E-state index contributed by atoms with van der Waals surface area (Å²) in [4.78, 5) is 12.0. The van der Waals surface area contributed by atoms with Crippen molar-refractivity contribution in [2.24, 2.45) is 0 Å². The average molecular weight is 354 g/mol. The lowest BCUT2D eigenvalue weighted by Gasteiger charge is -2.15. The average Bonchev–Trinajstić information content (AvgIpc) is 3.26. The van der Waals surface area contributed by atoms with Gasteiger partial charge in [0.2, 0.25) is 0 Å². The van der Waals surface area contributed by atoms with Crippen molar-refractivity contribution >= 4 is 29.4 Å². The molecule has 1 amide bonds. The first-order chi connectivity index (χ1) is 11.3. The molecule has 1 heterocycles. The van der Waals surface area contributed by atoms with Gasteiger partial charge in [-0.15, -0.1) is 23.5 Å². The third kappa shape index (κ3) is 4.51. The number of ether oxygens (including phenoxy) is 2. The van der Waals surface area contributed by atoms with Crippen LogP contribution in [0.1, 0.15) is 35.8 Å². The first kappa shape index (κ1) is 16.8. The van der Waals surface area contributed by atoms with Gasteiger partial charge in [0.25, 0.3) is 5.91 Å². The Balaban J connectivity index is 1.57. The highest BCUT2D eigenvalue weighted by Crippen LogP contribution is 2.46. The number of benzene rings is 1. The van der Waals surface area contributed by atoms with Crippen LogP contribution in [0, 0.1) is 0 Å². The topological polar surface area (TPSA) is 47.6 Å². The SMILES string of the molecule is COc1cc(C2SCCS2)ccc1OCC(=O)NC1CCCC1. The summed E-state index contributed by atoms with van der Waals surface area (Å²) in [5, 5.41) is 3.03. The summed E-state index contributed by atoms with van der Waals surface area (Å²) in [7, 11) is 1.64. The molecule has 0 aromatic heterocycles. The van der Waals surface area contributed by atoms with E-state index >= 15 is 0 Å². The molecule has 6 heteroatoms. The van der Waals surface area contributed by atoms with E-state index in [-0.39, 0.29) is 12.5 Å². The maximum absolute atomic E-state index is 12.0. The van der Waals surface area contributed by atoms with E-state index in [0.717, 1.165) is 12.8 Å². The molecule has 3 rings (SSSR count). The van der Waals surface area contributed by atoms with Gasteiger partial charge >= 0.3 is 0 Å². The number of hydrogen-bond acceptors (Lipinski definition) is 5. The fourth-order valence-corrected chi connectivity index (χ4v) is 5.82. The summed E-state index contributed by atoms with van der Waals surface area (Å²) in [6, 6.07) is 6.34. The van der Waals surface area contributed by atoms with Crippen molar-refractivity contribution < 1.29 is 14.3 Å². The summed E-state index contributed by atoms with van der Waals surface area (Å²) in [6.07, 6.45) is 4.58. The third-order valence-electron chi connectivity index (χ3n) is 4.16. The number of rotatable bonds is 6. The number of methoxy groups -OCH3 is 1. The number of thioether (sulfide) groups is 2. The third-order valence-corrected chi connectivity index (χ3v) is 7.27. The highest BCUT2D eigenvalue weighted by molar-refractivity contribution is 8.19. The molecule has 0 unspecified atom stereocenters. The van der Waals surface area contributed by atoms with E-state index in [1.807, 2.05) is 35.7 Å². The molecule has 0 radical (unpaired) electrons. The number of nitrogens with one attached hydrogen (secondary N) is 1. The quantitative estimate of drug-likeness (QED) is 0.846. The molecular weight excluding hydrogens is 330 g/mol. The van der Waals surface area contributed by atoms with Crippen molar-refractivity contribution in [3.8, 4) is 11.5 Å². The lowest BCUT2D eigenvalue weighted by Crippen LogP contribution is -2.36. The lowest BCUT2D eigenvalue weighted by molar-refractivity contribution is -0.123. The smallest absolute Gasteiger partial charge is 0.258 e. The molecule has 1 aliphatic heterocycles. The molecule has 0 atom stereocenters. The zero-order chi connectivity index (χ0) is 16.1. The molecule has 1 aromatic rings. The van der Waals surface area contributed by atoms with E-state index in [1.165, 1.54) is 29.9 Å². The zero-order valence-corrected chi connectivity index (χ0v) is 15.0. The Morgan fingerprint density at radius 2 is 1.96 bits per heavy atom. The summed E-state index contributed by atoms with van der Waals surface area (Å²) < 4.78 is 11.6. The van der Waals surface area contributed by atoms with Gasteiger partial charge < -0.3 is 14.8 Å². The molecule has 1 N–H and O–H groups in total. The van der Waals surface area contributed by atoms with E-state index in [0.29, 0.717) is 22.1 Å². The second-order valence-corrected chi connectivity index (χ2v) is 8.55. The molecule has 1 aromatic carbocycles. The maximum atomic E-state index is 12.0. The standard InChI is InChI=1S/C17H23NO3S2/c1-20-15-10-12(17-22-8-9-23-17)6-7-14(15)21-11-16(19)18-13-4-2-3-5-13/h6-7,10,13,17H,2-5,8-9,11H2,1H3,(H,18,19). The van der Waals surface area contributed by atoms with Crippen LogP contribution in [0.5, 0.6) is 11.5 Å². The van der Waals surface area contributed by atoms with Gasteiger partial charge in [0.15, 0.2) is 18.1 Å². The minimum atomic E-state index is -0.0510. The van der Waals surface area contributed by atoms with E-state index in [1.54, 1.807) is 7.11 Å². The fraction of sp³-hybridized carbons (Fsp3) is 0.588. The van der Waals surface area contributed by atoms with Crippen LogP contribution < -0.4 is 14.8 Å². The summed E-state index contributed by atoms with van der Waals surface area (Å²) in [6.45, 7) is 0.0408. The molecule has 1 saturated carbocycles. The number of hydrogen-bond donors (Lipinski definition) is 1. The van der Waals surface area contributed by atoms with Crippen molar-refractivity contribution in [2.75, 3.05) is 25.2 Å². The number of carbonyl (C=O) groups excluding carboxylic acids is 1. The molecule has 1 saturated heterocycles. The van der Waals surface area contributed by atoms with E-state index < -0.39 is 0 Å². The highest BCUT2D eigenvalue weighted by atomic mass is 32.2. The minimum Gasteiger partial charge on any atom is -0.493 e. The molecule has 2 aliphatic rings. The van der Waals surface area contributed by atoms with Crippen LogP contribution in [0.25, 0.3) is 0 Å². The monoisotopic (exact) mass is 353 g/mol. The van der Waals surface area contributed by atoms with E-state index in [4.69, 9.17) is 9.47 Å². The Labute approximate surface area is 146 Å². The second-order valence-electron chi connectivity index (χ2n) is 5.82. The Morgan fingerprint density at radius 1 is 1.22 bits per heavy atom. The molecular formula is C17H23NO3S2. The van der Waals surface area contributed by atoms with Crippen molar-refractivity contribution in [2.45, 2.75) is 36.3 Å². The Bertz CT molecular complexity index is 541. The van der Waals surface area contributed by atoms with Crippen molar-refractivity contribution in [3.63, 3.8) is 0 Å². The van der Waals surface area contributed by atoms with Crippen LogP contribution in [-0.2, 0) is 4.79 Å².